The number of nitrogens with one attached hydrogen (secondary N) is 1. The summed E-state index contributed by atoms with van der Waals surface area (Å²) in [5.41, 5.74) is 3.51. The number of nitrogens with zero attached hydrogens (tertiary/aromatic N) is 1. The third-order valence-electron chi connectivity index (χ3n) is 3.97. The molecule has 1 aromatic heterocycles. The first-order chi connectivity index (χ1) is 12.2. The highest BCUT2D eigenvalue weighted by atomic mass is 32.2. The van der Waals surface area contributed by atoms with Crippen molar-refractivity contribution in [1.29, 1.82) is 0 Å². The van der Waals surface area contributed by atoms with E-state index >= 15 is 0 Å². The summed E-state index contributed by atoms with van der Waals surface area (Å²) >= 11 is 3.34. The molecule has 0 bridgehead atoms. The lowest BCUT2D eigenvalue weighted by Gasteiger charge is -2.03. The Labute approximate surface area is 156 Å². The summed E-state index contributed by atoms with van der Waals surface area (Å²) in [6, 6.07) is 14.7. The highest BCUT2D eigenvalue weighted by Gasteiger charge is 2.10. The van der Waals surface area contributed by atoms with Gasteiger partial charge in [-0.15, -0.1) is 11.8 Å². The minimum Gasteiger partial charge on any atom is -0.302 e. The van der Waals surface area contributed by atoms with Gasteiger partial charge < -0.3 is 5.32 Å². The first-order valence-electron chi connectivity index (χ1n) is 8.53. The van der Waals surface area contributed by atoms with E-state index in [2.05, 4.69) is 60.5 Å². The fraction of sp³-hybridized carbons (Fsp3) is 0.300. The smallest absolute Gasteiger partial charge is 0.226 e. The Morgan fingerprint density at radius 2 is 2.00 bits per heavy atom. The van der Waals surface area contributed by atoms with Crippen molar-refractivity contribution in [3.63, 3.8) is 0 Å². The number of fused-ring (bicyclic) bond motifs is 1. The Morgan fingerprint density at radius 3 is 2.76 bits per heavy atom. The van der Waals surface area contributed by atoms with Gasteiger partial charge >= 0.3 is 0 Å². The molecule has 3 aromatic rings. The number of carbonyl (C=O) groups excluding carboxylic acids is 1. The van der Waals surface area contributed by atoms with Gasteiger partial charge in [-0.25, -0.2) is 4.98 Å². The Kier molecular flexibility index (Phi) is 6.10. The number of anilines is 1. The SMILES string of the molecule is CCc1cccc2sc(NC(=O)CCCSc3ccc(C)cc3)nc12. The lowest BCUT2D eigenvalue weighted by Crippen LogP contribution is -2.11. The summed E-state index contributed by atoms with van der Waals surface area (Å²) in [6.07, 6.45) is 2.33. The van der Waals surface area contributed by atoms with E-state index in [1.54, 1.807) is 23.1 Å². The molecule has 0 atom stereocenters. The van der Waals surface area contributed by atoms with E-state index in [0.29, 0.717) is 11.6 Å². The van der Waals surface area contributed by atoms with E-state index in [-0.39, 0.29) is 5.91 Å². The van der Waals surface area contributed by atoms with E-state index in [1.165, 1.54) is 16.0 Å². The van der Waals surface area contributed by atoms with Crippen LogP contribution in [0.15, 0.2) is 47.4 Å². The zero-order valence-electron chi connectivity index (χ0n) is 14.5. The van der Waals surface area contributed by atoms with Gasteiger partial charge in [0.1, 0.15) is 0 Å². The number of hydrogen-bond donors (Lipinski definition) is 1. The fourth-order valence-electron chi connectivity index (χ4n) is 2.58. The van der Waals surface area contributed by atoms with Gasteiger partial charge in [0.25, 0.3) is 0 Å². The van der Waals surface area contributed by atoms with Gasteiger partial charge in [-0.3, -0.25) is 4.79 Å². The Bertz CT molecular complexity index is 856. The highest BCUT2D eigenvalue weighted by molar-refractivity contribution is 7.99. The third-order valence-corrected chi connectivity index (χ3v) is 6.00. The van der Waals surface area contributed by atoms with Gasteiger partial charge in [-0.2, -0.15) is 0 Å². The summed E-state index contributed by atoms with van der Waals surface area (Å²) in [5, 5.41) is 3.65. The molecule has 0 spiro atoms. The van der Waals surface area contributed by atoms with Crippen molar-refractivity contribution in [3.8, 4) is 0 Å². The van der Waals surface area contributed by atoms with E-state index in [4.69, 9.17) is 0 Å². The summed E-state index contributed by atoms with van der Waals surface area (Å²) in [6.45, 7) is 4.21. The molecule has 1 N–H and O–H groups in total. The molecule has 3 nitrogen and oxygen atoms in total. The second-order valence-electron chi connectivity index (χ2n) is 5.95. The van der Waals surface area contributed by atoms with Crippen LogP contribution in [0.4, 0.5) is 5.13 Å². The van der Waals surface area contributed by atoms with Crippen LogP contribution in [0.5, 0.6) is 0 Å². The number of rotatable bonds is 7. The average Bonchev–Trinajstić information content (AvgIpc) is 3.02. The quantitative estimate of drug-likeness (QED) is 0.430. The largest absolute Gasteiger partial charge is 0.302 e. The highest BCUT2D eigenvalue weighted by Crippen LogP contribution is 2.28. The summed E-state index contributed by atoms with van der Waals surface area (Å²) in [5.74, 6) is 0.984. The van der Waals surface area contributed by atoms with Gasteiger partial charge in [-0.05, 0) is 49.3 Å². The molecule has 25 heavy (non-hydrogen) atoms. The van der Waals surface area contributed by atoms with Gasteiger partial charge in [0.15, 0.2) is 5.13 Å². The third kappa shape index (κ3) is 4.83. The molecule has 0 aliphatic carbocycles. The van der Waals surface area contributed by atoms with Crippen LogP contribution in [0, 0.1) is 6.92 Å². The number of aromatic nitrogens is 1. The van der Waals surface area contributed by atoms with Crippen molar-refractivity contribution in [2.45, 2.75) is 38.0 Å². The maximum Gasteiger partial charge on any atom is 0.226 e. The van der Waals surface area contributed by atoms with Crippen LogP contribution in [-0.4, -0.2) is 16.6 Å². The summed E-state index contributed by atoms with van der Waals surface area (Å²) in [4.78, 5) is 18.0. The van der Waals surface area contributed by atoms with Gasteiger partial charge in [0.05, 0.1) is 10.2 Å². The maximum atomic E-state index is 12.1. The number of thioether (sulfide) groups is 1. The van der Waals surface area contributed by atoms with Crippen molar-refractivity contribution in [2.24, 2.45) is 0 Å². The second-order valence-corrected chi connectivity index (χ2v) is 8.15. The molecule has 1 heterocycles. The van der Waals surface area contributed by atoms with E-state index in [0.717, 1.165) is 28.8 Å². The Morgan fingerprint density at radius 1 is 1.20 bits per heavy atom. The number of thiazole rings is 1. The molecule has 2 aromatic carbocycles. The van der Waals surface area contributed by atoms with Crippen molar-refractivity contribution in [2.75, 3.05) is 11.1 Å². The van der Waals surface area contributed by atoms with Crippen LogP contribution >= 0.6 is 23.1 Å². The number of carbonyl (C=O) groups is 1. The second kappa shape index (κ2) is 8.50. The van der Waals surface area contributed by atoms with E-state index < -0.39 is 0 Å². The number of amides is 1. The lowest BCUT2D eigenvalue weighted by atomic mass is 10.1. The van der Waals surface area contributed by atoms with Crippen LogP contribution in [0.25, 0.3) is 10.2 Å². The zero-order valence-corrected chi connectivity index (χ0v) is 16.2. The predicted octanol–water partition coefficient (Wildman–Crippen LogP) is 5.68. The fourth-order valence-corrected chi connectivity index (χ4v) is 4.37. The van der Waals surface area contributed by atoms with Gasteiger partial charge in [0, 0.05) is 11.3 Å². The van der Waals surface area contributed by atoms with Crippen molar-refractivity contribution >= 4 is 44.4 Å². The minimum absolute atomic E-state index is 0.0432. The number of aryl methyl sites for hydroxylation is 2. The first-order valence-corrected chi connectivity index (χ1v) is 10.3. The monoisotopic (exact) mass is 370 g/mol. The number of hydrogen-bond acceptors (Lipinski definition) is 4. The maximum absolute atomic E-state index is 12.1. The minimum atomic E-state index is 0.0432. The normalized spacial score (nSPS) is 11.0. The molecule has 130 valence electrons. The lowest BCUT2D eigenvalue weighted by molar-refractivity contribution is -0.116. The van der Waals surface area contributed by atoms with Crippen LogP contribution in [0.2, 0.25) is 0 Å². The molecular formula is C20H22N2OS2. The van der Waals surface area contributed by atoms with Crippen LogP contribution in [0.1, 0.15) is 30.9 Å². The first kappa shape index (κ1) is 18.0. The average molecular weight is 371 g/mol. The number of benzene rings is 2. The molecule has 3 rings (SSSR count). The predicted molar refractivity (Wildman–Crippen MR) is 109 cm³/mol. The number of para-hydroxylation sites is 1. The molecule has 5 heteroatoms. The van der Waals surface area contributed by atoms with Crippen LogP contribution in [-0.2, 0) is 11.2 Å². The molecule has 0 saturated heterocycles. The summed E-state index contributed by atoms with van der Waals surface area (Å²) in [7, 11) is 0. The Balaban J connectivity index is 1.48. The van der Waals surface area contributed by atoms with Crippen molar-refractivity contribution in [3.05, 3.63) is 53.6 Å². The molecule has 0 unspecified atom stereocenters. The molecule has 0 radical (unpaired) electrons. The molecule has 0 aliphatic rings. The Hall–Kier alpha value is -1.85. The molecular weight excluding hydrogens is 348 g/mol. The zero-order chi connectivity index (χ0) is 17.6. The van der Waals surface area contributed by atoms with E-state index in [1.807, 2.05) is 6.07 Å². The van der Waals surface area contributed by atoms with Crippen molar-refractivity contribution < 1.29 is 4.79 Å². The molecule has 1 amide bonds. The van der Waals surface area contributed by atoms with E-state index in [9.17, 15) is 4.79 Å². The molecule has 0 saturated carbocycles. The van der Waals surface area contributed by atoms with Crippen LogP contribution < -0.4 is 5.32 Å². The van der Waals surface area contributed by atoms with Crippen LogP contribution in [0.3, 0.4) is 0 Å². The molecule has 0 fully saturated rings. The van der Waals surface area contributed by atoms with Gasteiger partial charge in [0.2, 0.25) is 5.91 Å². The topological polar surface area (TPSA) is 42.0 Å². The van der Waals surface area contributed by atoms with Gasteiger partial charge in [-0.1, -0.05) is 48.1 Å². The molecule has 0 aliphatic heterocycles. The summed E-state index contributed by atoms with van der Waals surface area (Å²) < 4.78 is 1.13. The van der Waals surface area contributed by atoms with Crippen molar-refractivity contribution in [1.82, 2.24) is 4.98 Å². The standard InChI is InChI=1S/C20H22N2OS2/c1-3-15-6-4-7-17-19(15)22-20(25-17)21-18(23)8-5-13-24-16-11-9-14(2)10-12-16/h4,6-7,9-12H,3,5,8,13H2,1-2H3,(H,21,22,23).